The maximum Gasteiger partial charge on any atom is 0.224 e. The van der Waals surface area contributed by atoms with Gasteiger partial charge in [0.1, 0.15) is 0 Å². The van der Waals surface area contributed by atoms with Crippen molar-refractivity contribution in [1.82, 2.24) is 14.7 Å². The second-order valence-electron chi connectivity index (χ2n) is 7.87. The molecule has 0 unspecified atom stereocenters. The van der Waals surface area contributed by atoms with Crippen molar-refractivity contribution in [3.8, 4) is 0 Å². The van der Waals surface area contributed by atoms with Gasteiger partial charge in [0.2, 0.25) is 11.8 Å². The molecule has 2 heterocycles. The number of likely N-dealkylation sites (tertiary alicyclic amines) is 1. The average Bonchev–Trinajstić information content (AvgIpc) is 3.19. The van der Waals surface area contributed by atoms with Crippen molar-refractivity contribution in [3.05, 3.63) is 71.8 Å². The van der Waals surface area contributed by atoms with E-state index in [-0.39, 0.29) is 17.9 Å². The Balaban J connectivity index is 1.38. The molecular formula is C24H29N3O2. The average molecular weight is 392 g/mol. The van der Waals surface area contributed by atoms with Crippen molar-refractivity contribution in [2.24, 2.45) is 0 Å². The van der Waals surface area contributed by atoms with Crippen LogP contribution in [-0.2, 0) is 9.59 Å². The van der Waals surface area contributed by atoms with Crippen LogP contribution in [0.2, 0.25) is 0 Å². The minimum Gasteiger partial charge on any atom is -0.342 e. The number of hydrogen-bond acceptors (Lipinski definition) is 3. The van der Waals surface area contributed by atoms with Crippen LogP contribution in [0.5, 0.6) is 0 Å². The molecule has 2 aliphatic heterocycles. The van der Waals surface area contributed by atoms with Crippen molar-refractivity contribution in [3.63, 3.8) is 0 Å². The fourth-order valence-corrected chi connectivity index (χ4v) is 4.44. The number of carbonyl (C=O) groups is 2. The number of rotatable bonds is 6. The summed E-state index contributed by atoms with van der Waals surface area (Å²) in [5.74, 6) is 0.358. The summed E-state index contributed by atoms with van der Waals surface area (Å²) in [6, 6.07) is 21.4. The maximum absolute atomic E-state index is 12.6. The molecule has 2 aliphatic rings. The first-order valence-electron chi connectivity index (χ1n) is 10.6. The zero-order valence-electron chi connectivity index (χ0n) is 16.9. The van der Waals surface area contributed by atoms with Gasteiger partial charge in [-0.3, -0.25) is 14.5 Å². The van der Waals surface area contributed by atoms with Crippen molar-refractivity contribution >= 4 is 11.8 Å². The van der Waals surface area contributed by atoms with E-state index in [0.29, 0.717) is 19.4 Å². The number of nitrogens with zero attached hydrogens (tertiary/aromatic N) is 3. The normalized spacial score (nSPS) is 17.9. The Morgan fingerprint density at radius 3 is 1.93 bits per heavy atom. The lowest BCUT2D eigenvalue weighted by Crippen LogP contribution is -2.50. The van der Waals surface area contributed by atoms with Gasteiger partial charge in [-0.2, -0.15) is 0 Å². The van der Waals surface area contributed by atoms with Crippen LogP contribution in [0.15, 0.2) is 60.7 Å². The zero-order chi connectivity index (χ0) is 20.1. The van der Waals surface area contributed by atoms with E-state index < -0.39 is 0 Å². The lowest BCUT2D eigenvalue weighted by molar-refractivity contribution is -0.134. The van der Waals surface area contributed by atoms with Crippen LogP contribution in [0.1, 0.15) is 36.4 Å². The molecule has 2 aromatic carbocycles. The van der Waals surface area contributed by atoms with Gasteiger partial charge < -0.3 is 9.80 Å². The van der Waals surface area contributed by atoms with Gasteiger partial charge in [-0.05, 0) is 17.5 Å². The number of amides is 2. The highest BCUT2D eigenvalue weighted by Gasteiger charge is 2.28. The third-order valence-electron chi connectivity index (χ3n) is 6.03. The maximum atomic E-state index is 12.6. The molecule has 2 aromatic rings. The van der Waals surface area contributed by atoms with Crippen LogP contribution in [0.3, 0.4) is 0 Å². The van der Waals surface area contributed by atoms with Crippen molar-refractivity contribution in [2.45, 2.75) is 25.3 Å². The van der Waals surface area contributed by atoms with Crippen molar-refractivity contribution in [1.29, 1.82) is 0 Å². The van der Waals surface area contributed by atoms with Gasteiger partial charge in [0.05, 0.1) is 6.04 Å². The van der Waals surface area contributed by atoms with Gasteiger partial charge in [0, 0.05) is 52.1 Å². The van der Waals surface area contributed by atoms with Gasteiger partial charge in [0.15, 0.2) is 0 Å². The van der Waals surface area contributed by atoms with Crippen LogP contribution in [0, 0.1) is 0 Å². The Morgan fingerprint density at radius 2 is 1.41 bits per heavy atom. The zero-order valence-corrected chi connectivity index (χ0v) is 16.9. The Kier molecular flexibility index (Phi) is 6.25. The first-order chi connectivity index (χ1) is 14.2. The van der Waals surface area contributed by atoms with Crippen molar-refractivity contribution < 1.29 is 9.59 Å². The summed E-state index contributed by atoms with van der Waals surface area (Å²) in [4.78, 5) is 30.7. The smallest absolute Gasteiger partial charge is 0.224 e. The summed E-state index contributed by atoms with van der Waals surface area (Å²) in [5.41, 5.74) is 2.57. The summed E-state index contributed by atoms with van der Waals surface area (Å²) in [5, 5.41) is 0. The minimum atomic E-state index is 0.167. The summed E-state index contributed by atoms with van der Waals surface area (Å²) < 4.78 is 0. The molecule has 5 heteroatoms. The topological polar surface area (TPSA) is 43.9 Å². The third-order valence-corrected chi connectivity index (χ3v) is 6.03. The van der Waals surface area contributed by atoms with Gasteiger partial charge >= 0.3 is 0 Å². The highest BCUT2D eigenvalue weighted by molar-refractivity contribution is 5.80. The van der Waals surface area contributed by atoms with Crippen LogP contribution in [0.4, 0.5) is 0 Å². The van der Waals surface area contributed by atoms with E-state index in [4.69, 9.17) is 0 Å². The van der Waals surface area contributed by atoms with E-state index in [1.807, 2.05) is 21.9 Å². The summed E-state index contributed by atoms with van der Waals surface area (Å²) in [6.07, 6.45) is 1.99. The predicted octanol–water partition coefficient (Wildman–Crippen LogP) is 2.93. The molecule has 29 heavy (non-hydrogen) atoms. The molecule has 5 nitrogen and oxygen atoms in total. The van der Waals surface area contributed by atoms with E-state index in [2.05, 4.69) is 53.4 Å². The Morgan fingerprint density at radius 1 is 0.828 bits per heavy atom. The van der Waals surface area contributed by atoms with Crippen LogP contribution in [-0.4, -0.2) is 65.8 Å². The largest absolute Gasteiger partial charge is 0.342 e. The Bertz CT molecular complexity index is 777. The van der Waals surface area contributed by atoms with E-state index in [9.17, 15) is 9.59 Å². The van der Waals surface area contributed by atoms with Crippen molar-refractivity contribution in [2.75, 3.05) is 39.3 Å². The second-order valence-corrected chi connectivity index (χ2v) is 7.87. The molecule has 0 saturated carbocycles. The fourth-order valence-electron chi connectivity index (χ4n) is 4.44. The van der Waals surface area contributed by atoms with Crippen LogP contribution < -0.4 is 0 Å². The lowest BCUT2D eigenvalue weighted by Gasteiger charge is -2.40. The standard InChI is InChI=1S/C24H29N3O2/c28-22-12-7-14-25(22)15-13-23(29)26-16-18-27(19-17-26)24(20-8-3-1-4-9-20)21-10-5-2-6-11-21/h1-6,8-11,24H,7,12-19H2. The molecule has 0 bridgehead atoms. The first-order valence-corrected chi connectivity index (χ1v) is 10.6. The van der Waals surface area contributed by atoms with Gasteiger partial charge in [-0.15, -0.1) is 0 Å². The lowest BCUT2D eigenvalue weighted by atomic mass is 9.96. The molecular weight excluding hydrogens is 362 g/mol. The number of benzene rings is 2. The molecule has 152 valence electrons. The van der Waals surface area contributed by atoms with E-state index >= 15 is 0 Å². The molecule has 0 spiro atoms. The summed E-state index contributed by atoms with van der Waals surface area (Å²) >= 11 is 0. The molecule has 2 saturated heterocycles. The van der Waals surface area contributed by atoms with Gasteiger partial charge in [-0.1, -0.05) is 60.7 Å². The highest BCUT2D eigenvalue weighted by atomic mass is 16.2. The number of carbonyl (C=O) groups excluding carboxylic acids is 2. The molecule has 0 aliphatic carbocycles. The van der Waals surface area contributed by atoms with E-state index in [1.165, 1.54) is 11.1 Å². The minimum absolute atomic E-state index is 0.167. The number of piperazine rings is 1. The van der Waals surface area contributed by atoms with E-state index in [1.54, 1.807) is 0 Å². The Hall–Kier alpha value is -2.66. The molecule has 0 radical (unpaired) electrons. The SMILES string of the molecule is O=C1CCCN1CCC(=O)N1CCN(C(c2ccccc2)c2ccccc2)CC1. The summed E-state index contributed by atoms with van der Waals surface area (Å²) in [7, 11) is 0. The molecule has 0 aromatic heterocycles. The van der Waals surface area contributed by atoms with Crippen LogP contribution >= 0.6 is 0 Å². The van der Waals surface area contributed by atoms with E-state index in [0.717, 1.165) is 39.1 Å². The highest BCUT2D eigenvalue weighted by Crippen LogP contribution is 2.29. The molecule has 4 rings (SSSR count). The summed E-state index contributed by atoms with van der Waals surface area (Å²) in [6.45, 7) is 4.54. The number of hydrogen-bond donors (Lipinski definition) is 0. The Labute approximate surface area is 172 Å². The van der Waals surface area contributed by atoms with Gasteiger partial charge in [0.25, 0.3) is 0 Å². The molecule has 0 N–H and O–H groups in total. The second kappa shape index (κ2) is 9.23. The molecule has 2 fully saturated rings. The fraction of sp³-hybridized carbons (Fsp3) is 0.417. The van der Waals surface area contributed by atoms with Gasteiger partial charge in [-0.25, -0.2) is 0 Å². The first kappa shape index (κ1) is 19.6. The monoisotopic (exact) mass is 391 g/mol. The molecule has 0 atom stereocenters. The molecule has 2 amide bonds. The quantitative estimate of drug-likeness (QED) is 0.761. The van der Waals surface area contributed by atoms with Crippen LogP contribution in [0.25, 0.3) is 0 Å². The predicted molar refractivity (Wildman–Crippen MR) is 113 cm³/mol. The third kappa shape index (κ3) is 4.67.